The molecule has 1 aromatic heterocycles. The Kier molecular flexibility index (Phi) is 7.14. The monoisotopic (exact) mass is 575 g/mol. The van der Waals surface area contributed by atoms with E-state index in [-0.39, 0.29) is 23.9 Å². The number of halogens is 5. The number of rotatable bonds is 6. The van der Waals surface area contributed by atoms with Crippen LogP contribution in [-0.2, 0) is 19.6 Å². The fourth-order valence-corrected chi connectivity index (χ4v) is 4.61. The van der Waals surface area contributed by atoms with Gasteiger partial charge in [0.2, 0.25) is 5.82 Å². The van der Waals surface area contributed by atoms with Gasteiger partial charge < -0.3 is 14.2 Å². The highest BCUT2D eigenvalue weighted by molar-refractivity contribution is 9.10. The van der Waals surface area contributed by atoms with Crippen LogP contribution in [0.2, 0.25) is 5.02 Å². The van der Waals surface area contributed by atoms with Crippen LogP contribution in [-0.4, -0.2) is 34.5 Å². The van der Waals surface area contributed by atoms with Gasteiger partial charge in [0.25, 0.3) is 0 Å². The van der Waals surface area contributed by atoms with Crippen molar-refractivity contribution in [3.63, 3.8) is 0 Å². The predicted molar refractivity (Wildman–Crippen MR) is 124 cm³/mol. The Morgan fingerprint density at radius 3 is 2.71 bits per heavy atom. The van der Waals surface area contributed by atoms with Crippen molar-refractivity contribution in [2.45, 2.75) is 30.9 Å². The standard InChI is InChI=1S/C22H18BrCl2F2N3O4/c1-3-33-17(31)10-16-20-28-29-21(22(25,26)27)30(20)14-8-7-11(23)9-13(14)19(34-16)12-5-4-6-15(32-2)18(12)24/h4-9,16,19H,3,10H2,1-2H3/t16-,19-/m0/s1. The highest BCUT2D eigenvalue weighted by atomic mass is 79.9. The summed E-state index contributed by atoms with van der Waals surface area (Å²) in [7, 11) is 1.48. The molecule has 3 aromatic rings. The van der Waals surface area contributed by atoms with E-state index in [9.17, 15) is 13.6 Å². The average Bonchev–Trinajstić information content (AvgIpc) is 3.18. The van der Waals surface area contributed by atoms with Crippen LogP contribution in [0.25, 0.3) is 5.69 Å². The quantitative estimate of drug-likeness (QED) is 0.261. The van der Waals surface area contributed by atoms with Crippen LogP contribution in [0, 0.1) is 0 Å². The molecule has 180 valence electrons. The molecule has 1 aliphatic rings. The van der Waals surface area contributed by atoms with E-state index in [0.29, 0.717) is 27.0 Å². The maximum atomic E-state index is 14.3. The van der Waals surface area contributed by atoms with Crippen LogP contribution in [0.1, 0.15) is 48.3 Å². The van der Waals surface area contributed by atoms with E-state index >= 15 is 0 Å². The second-order valence-electron chi connectivity index (χ2n) is 7.30. The Labute approximate surface area is 212 Å². The molecule has 7 nitrogen and oxygen atoms in total. The molecule has 12 heteroatoms. The lowest BCUT2D eigenvalue weighted by atomic mass is 9.99. The average molecular weight is 577 g/mol. The Balaban J connectivity index is 1.98. The first-order valence-corrected chi connectivity index (χ1v) is 11.7. The topological polar surface area (TPSA) is 75.5 Å². The minimum absolute atomic E-state index is 0.0199. The van der Waals surface area contributed by atoms with Crippen LogP contribution < -0.4 is 4.74 Å². The number of fused-ring (bicyclic) bond motifs is 3. The fraction of sp³-hybridized carbons (Fsp3) is 0.318. The molecule has 1 aliphatic heterocycles. The van der Waals surface area contributed by atoms with Crippen LogP contribution >= 0.6 is 39.1 Å². The molecule has 0 radical (unpaired) electrons. The number of alkyl halides is 3. The van der Waals surface area contributed by atoms with E-state index < -0.39 is 29.4 Å². The molecular formula is C22H18BrCl2F2N3O4. The minimum Gasteiger partial charge on any atom is -0.495 e. The van der Waals surface area contributed by atoms with Gasteiger partial charge in [-0.2, -0.15) is 8.78 Å². The van der Waals surface area contributed by atoms with Crippen LogP contribution in [0.5, 0.6) is 5.75 Å². The molecule has 2 heterocycles. The molecule has 0 unspecified atom stereocenters. The van der Waals surface area contributed by atoms with Crippen molar-refractivity contribution in [3.05, 3.63) is 68.7 Å². The Morgan fingerprint density at radius 2 is 2.03 bits per heavy atom. The summed E-state index contributed by atoms with van der Waals surface area (Å²) in [4.78, 5) is 12.4. The molecule has 34 heavy (non-hydrogen) atoms. The largest absolute Gasteiger partial charge is 0.495 e. The van der Waals surface area contributed by atoms with Crippen molar-refractivity contribution >= 4 is 45.1 Å². The van der Waals surface area contributed by atoms with Gasteiger partial charge in [-0.05, 0) is 42.8 Å². The number of benzene rings is 2. The molecule has 0 saturated carbocycles. The van der Waals surface area contributed by atoms with Crippen molar-refractivity contribution in [1.82, 2.24) is 14.8 Å². The van der Waals surface area contributed by atoms with Crippen molar-refractivity contribution in [2.24, 2.45) is 0 Å². The zero-order valence-electron chi connectivity index (χ0n) is 17.9. The van der Waals surface area contributed by atoms with E-state index in [1.807, 2.05) is 0 Å². The number of aromatic nitrogens is 3. The second kappa shape index (κ2) is 9.77. The van der Waals surface area contributed by atoms with Crippen molar-refractivity contribution < 1.29 is 27.8 Å². The molecule has 0 saturated heterocycles. The van der Waals surface area contributed by atoms with Gasteiger partial charge in [-0.15, -0.1) is 10.2 Å². The molecule has 2 atom stereocenters. The summed E-state index contributed by atoms with van der Waals surface area (Å²) in [6.07, 6.45) is -2.28. The van der Waals surface area contributed by atoms with Crippen molar-refractivity contribution in [2.75, 3.05) is 13.7 Å². The van der Waals surface area contributed by atoms with Gasteiger partial charge >= 0.3 is 11.4 Å². The molecular weight excluding hydrogens is 559 g/mol. The number of hydrogen-bond acceptors (Lipinski definition) is 6. The minimum atomic E-state index is -3.84. The summed E-state index contributed by atoms with van der Waals surface area (Å²) in [5.41, 5.74) is 1.28. The van der Waals surface area contributed by atoms with E-state index in [2.05, 4.69) is 26.1 Å². The van der Waals surface area contributed by atoms with Crippen molar-refractivity contribution in [3.8, 4) is 11.4 Å². The van der Waals surface area contributed by atoms with Gasteiger partial charge in [0, 0.05) is 15.6 Å². The molecule has 0 fully saturated rings. The summed E-state index contributed by atoms with van der Waals surface area (Å²) >= 11 is 15.4. The lowest BCUT2D eigenvalue weighted by Gasteiger charge is -2.24. The van der Waals surface area contributed by atoms with Gasteiger partial charge in [-0.25, -0.2) is 0 Å². The lowest BCUT2D eigenvalue weighted by molar-refractivity contribution is -0.147. The fourth-order valence-electron chi connectivity index (χ4n) is 3.80. The summed E-state index contributed by atoms with van der Waals surface area (Å²) in [5, 5.41) is 3.99. The Hall–Kier alpha value is -2.27. The number of ether oxygens (including phenoxy) is 3. The first kappa shape index (κ1) is 24.8. The summed E-state index contributed by atoms with van der Waals surface area (Å²) in [5.74, 6) is -1.02. The highest BCUT2D eigenvalue weighted by Crippen LogP contribution is 2.46. The number of hydrogen-bond donors (Lipinski definition) is 0. The molecule has 0 spiro atoms. The van der Waals surface area contributed by atoms with E-state index in [1.165, 1.54) is 7.11 Å². The SMILES string of the molecule is CCOC(=O)C[C@@H]1O[C@@H](c2cccc(OC)c2Cl)c2cc(Br)ccc2-n2c1nnc2C(F)(F)Cl. The number of nitrogens with zero attached hydrogens (tertiary/aromatic N) is 3. The molecule has 2 aromatic carbocycles. The maximum absolute atomic E-state index is 14.3. The van der Waals surface area contributed by atoms with Gasteiger partial charge in [-0.1, -0.05) is 39.7 Å². The molecule has 0 N–H and O–H groups in total. The molecule has 0 amide bonds. The number of carbonyl (C=O) groups is 1. The van der Waals surface area contributed by atoms with E-state index in [1.54, 1.807) is 43.3 Å². The first-order chi connectivity index (χ1) is 16.2. The first-order valence-electron chi connectivity index (χ1n) is 10.1. The van der Waals surface area contributed by atoms with Crippen LogP contribution in [0.15, 0.2) is 40.9 Å². The molecule has 0 aliphatic carbocycles. The Morgan fingerprint density at radius 1 is 1.26 bits per heavy atom. The van der Waals surface area contributed by atoms with Crippen LogP contribution in [0.3, 0.4) is 0 Å². The smallest absolute Gasteiger partial charge is 0.382 e. The van der Waals surface area contributed by atoms with Gasteiger partial charge in [0.05, 0.1) is 30.8 Å². The van der Waals surface area contributed by atoms with Gasteiger partial charge in [0.1, 0.15) is 18.0 Å². The normalized spacial score (nSPS) is 17.5. The van der Waals surface area contributed by atoms with E-state index in [4.69, 9.17) is 37.4 Å². The number of methoxy groups -OCH3 is 1. The third-order valence-electron chi connectivity index (χ3n) is 5.20. The Bertz CT molecular complexity index is 1240. The maximum Gasteiger partial charge on any atom is 0.382 e. The molecule has 4 rings (SSSR count). The third-order valence-corrected chi connectivity index (χ3v) is 6.26. The number of esters is 1. The summed E-state index contributed by atoms with van der Waals surface area (Å²) in [6.45, 7) is 1.80. The zero-order chi connectivity index (χ0) is 24.6. The zero-order valence-corrected chi connectivity index (χ0v) is 21.0. The third kappa shape index (κ3) is 4.64. The highest BCUT2D eigenvalue weighted by Gasteiger charge is 2.42. The second-order valence-corrected chi connectivity index (χ2v) is 9.06. The van der Waals surface area contributed by atoms with Gasteiger partial charge in [0.15, 0.2) is 5.82 Å². The van der Waals surface area contributed by atoms with Crippen LogP contribution in [0.4, 0.5) is 8.78 Å². The summed E-state index contributed by atoms with van der Waals surface area (Å²) < 4.78 is 47.2. The predicted octanol–water partition coefficient (Wildman–Crippen LogP) is 6.09. The number of carbonyl (C=O) groups excluding carboxylic acids is 1. The van der Waals surface area contributed by atoms with E-state index in [0.717, 1.165) is 4.57 Å². The van der Waals surface area contributed by atoms with Crippen molar-refractivity contribution in [1.29, 1.82) is 0 Å². The lowest BCUT2D eigenvalue weighted by Crippen LogP contribution is -2.18. The summed E-state index contributed by atoms with van der Waals surface area (Å²) in [6, 6.07) is 10.1. The molecule has 0 bridgehead atoms. The van der Waals surface area contributed by atoms with Gasteiger partial charge in [-0.3, -0.25) is 9.36 Å².